The van der Waals surface area contributed by atoms with Crippen LogP contribution < -0.4 is 4.90 Å². The fourth-order valence-electron chi connectivity index (χ4n) is 1.51. The average molecular weight is 298 g/mol. The van der Waals surface area contributed by atoms with Crippen molar-refractivity contribution in [1.82, 2.24) is 4.98 Å². The summed E-state index contributed by atoms with van der Waals surface area (Å²) in [5, 5.41) is 8.80. The van der Waals surface area contributed by atoms with Crippen LogP contribution in [0.4, 0.5) is 19.0 Å². The zero-order valence-corrected chi connectivity index (χ0v) is 10.9. The molecule has 0 saturated heterocycles. The van der Waals surface area contributed by atoms with Gasteiger partial charge in [-0.3, -0.25) is 0 Å². The molecule has 0 radical (unpaired) electrons. The molecule has 0 aliphatic carbocycles. The van der Waals surface area contributed by atoms with Crippen LogP contribution in [0.15, 0.2) is 23.2 Å². The fourth-order valence-corrected chi connectivity index (χ4v) is 2.35. The first-order valence-corrected chi connectivity index (χ1v) is 7.12. The Morgan fingerprint density at radius 1 is 1.42 bits per heavy atom. The topological polar surface area (TPSA) is 70.5 Å². The van der Waals surface area contributed by atoms with Crippen molar-refractivity contribution in [3.8, 4) is 0 Å². The lowest BCUT2D eigenvalue weighted by Crippen LogP contribution is -2.37. The van der Waals surface area contributed by atoms with Crippen LogP contribution in [0.2, 0.25) is 0 Å². The molecule has 5 nitrogen and oxygen atoms in total. The minimum absolute atomic E-state index is 0.298. The summed E-state index contributed by atoms with van der Waals surface area (Å²) in [5.74, 6) is -0.309. The number of pyridine rings is 1. The summed E-state index contributed by atoms with van der Waals surface area (Å²) in [5.41, 5.74) is 0. The molecule has 0 atom stereocenters. The molecule has 0 fully saturated rings. The van der Waals surface area contributed by atoms with Gasteiger partial charge < -0.3 is 10.0 Å². The standard InChI is InChI=1S/C10H13F3N2O3S/c1-19(17,18)8-3-2-4-14-9(8)15(5-6-16)7-10(11,12)13/h2-4,16H,5-7H2,1H3. The monoisotopic (exact) mass is 298 g/mol. The largest absolute Gasteiger partial charge is 0.405 e. The Hall–Kier alpha value is -1.35. The summed E-state index contributed by atoms with van der Waals surface area (Å²) >= 11 is 0. The number of aromatic nitrogens is 1. The lowest BCUT2D eigenvalue weighted by Gasteiger charge is -2.25. The average Bonchev–Trinajstić information content (AvgIpc) is 2.25. The Bertz CT molecular complexity index is 531. The van der Waals surface area contributed by atoms with Crippen LogP contribution >= 0.6 is 0 Å². The first-order chi connectivity index (χ1) is 8.65. The molecule has 1 aromatic rings. The van der Waals surface area contributed by atoms with Gasteiger partial charge in [0.25, 0.3) is 0 Å². The molecular formula is C10H13F3N2O3S. The number of rotatable bonds is 5. The molecule has 1 N–H and O–H groups in total. The summed E-state index contributed by atoms with van der Waals surface area (Å²) in [6.07, 6.45) is -2.44. The number of nitrogens with zero attached hydrogens (tertiary/aromatic N) is 2. The molecule has 1 heterocycles. The molecule has 0 aromatic carbocycles. The predicted molar refractivity (Wildman–Crippen MR) is 62.7 cm³/mol. The normalized spacial score (nSPS) is 12.5. The van der Waals surface area contributed by atoms with E-state index in [0.29, 0.717) is 4.90 Å². The maximum atomic E-state index is 12.4. The van der Waals surface area contributed by atoms with Gasteiger partial charge in [0.05, 0.1) is 6.61 Å². The number of halogens is 3. The van der Waals surface area contributed by atoms with Gasteiger partial charge in [0.2, 0.25) is 0 Å². The maximum Gasteiger partial charge on any atom is 0.405 e. The van der Waals surface area contributed by atoms with Crippen LogP contribution in [-0.2, 0) is 9.84 Å². The van der Waals surface area contributed by atoms with Gasteiger partial charge in [0.1, 0.15) is 17.3 Å². The summed E-state index contributed by atoms with van der Waals surface area (Å²) in [6, 6.07) is 2.50. The Balaban J connectivity index is 3.23. The molecule has 0 spiro atoms. The van der Waals surface area contributed by atoms with Gasteiger partial charge in [0, 0.05) is 19.0 Å². The first-order valence-electron chi connectivity index (χ1n) is 5.23. The number of aliphatic hydroxyl groups is 1. The summed E-state index contributed by atoms with van der Waals surface area (Å²) in [4.78, 5) is 4.08. The Kier molecular flexibility index (Phi) is 4.75. The van der Waals surface area contributed by atoms with E-state index in [9.17, 15) is 21.6 Å². The number of anilines is 1. The van der Waals surface area contributed by atoms with Gasteiger partial charge in [-0.05, 0) is 12.1 Å². The summed E-state index contributed by atoms with van der Waals surface area (Å²) in [6.45, 7) is -2.29. The van der Waals surface area contributed by atoms with E-state index in [4.69, 9.17) is 5.11 Å². The Labute approximate surface area is 108 Å². The molecule has 1 aromatic heterocycles. The third-order valence-electron chi connectivity index (χ3n) is 2.19. The second-order valence-corrected chi connectivity index (χ2v) is 5.84. The Morgan fingerprint density at radius 2 is 2.05 bits per heavy atom. The van der Waals surface area contributed by atoms with Crippen LogP contribution in [0.5, 0.6) is 0 Å². The van der Waals surface area contributed by atoms with Gasteiger partial charge >= 0.3 is 6.18 Å². The van der Waals surface area contributed by atoms with Gasteiger partial charge in [-0.1, -0.05) is 0 Å². The third kappa shape index (κ3) is 4.67. The lowest BCUT2D eigenvalue weighted by molar-refractivity contribution is -0.120. The van der Waals surface area contributed by atoms with E-state index < -0.39 is 29.2 Å². The van der Waals surface area contributed by atoms with Crippen molar-refractivity contribution in [2.75, 3.05) is 30.9 Å². The second kappa shape index (κ2) is 5.74. The molecule has 19 heavy (non-hydrogen) atoms. The van der Waals surface area contributed by atoms with Crippen LogP contribution in [0.3, 0.4) is 0 Å². The quantitative estimate of drug-likeness (QED) is 0.872. The van der Waals surface area contributed by atoms with Crippen LogP contribution in [0.25, 0.3) is 0 Å². The minimum atomic E-state index is -4.53. The van der Waals surface area contributed by atoms with Crippen molar-refractivity contribution in [2.45, 2.75) is 11.1 Å². The molecule has 0 unspecified atom stereocenters. The lowest BCUT2D eigenvalue weighted by atomic mass is 10.4. The number of sulfone groups is 1. The van der Waals surface area contributed by atoms with Crippen molar-refractivity contribution >= 4 is 15.7 Å². The van der Waals surface area contributed by atoms with E-state index >= 15 is 0 Å². The van der Waals surface area contributed by atoms with E-state index in [1.165, 1.54) is 18.3 Å². The highest BCUT2D eigenvalue weighted by Crippen LogP contribution is 2.25. The summed E-state index contributed by atoms with van der Waals surface area (Å²) < 4.78 is 60.4. The second-order valence-electron chi connectivity index (χ2n) is 3.86. The summed E-state index contributed by atoms with van der Waals surface area (Å²) in [7, 11) is -3.71. The highest BCUT2D eigenvalue weighted by atomic mass is 32.2. The fraction of sp³-hybridized carbons (Fsp3) is 0.500. The zero-order chi connectivity index (χ0) is 14.7. The van der Waals surface area contributed by atoms with E-state index in [1.807, 2.05) is 0 Å². The van der Waals surface area contributed by atoms with Crippen molar-refractivity contribution in [2.24, 2.45) is 0 Å². The number of aliphatic hydroxyl groups excluding tert-OH is 1. The minimum Gasteiger partial charge on any atom is -0.395 e. The third-order valence-corrected chi connectivity index (χ3v) is 3.31. The highest BCUT2D eigenvalue weighted by molar-refractivity contribution is 7.90. The molecule has 108 valence electrons. The molecule has 0 saturated carbocycles. The smallest absolute Gasteiger partial charge is 0.395 e. The predicted octanol–water partition coefficient (Wildman–Crippen LogP) is 0.846. The molecular weight excluding hydrogens is 285 g/mol. The van der Waals surface area contributed by atoms with E-state index in [-0.39, 0.29) is 17.3 Å². The van der Waals surface area contributed by atoms with Gasteiger partial charge in [-0.25, -0.2) is 13.4 Å². The Morgan fingerprint density at radius 3 is 2.53 bits per heavy atom. The van der Waals surface area contributed by atoms with Crippen molar-refractivity contribution < 1.29 is 26.7 Å². The van der Waals surface area contributed by atoms with E-state index in [1.54, 1.807) is 0 Å². The number of hydrogen-bond donors (Lipinski definition) is 1. The maximum absolute atomic E-state index is 12.4. The number of hydrogen-bond acceptors (Lipinski definition) is 5. The molecule has 0 aliphatic rings. The van der Waals surface area contributed by atoms with Crippen molar-refractivity contribution in [3.63, 3.8) is 0 Å². The molecule has 0 amide bonds. The highest BCUT2D eigenvalue weighted by Gasteiger charge is 2.32. The first kappa shape index (κ1) is 15.7. The van der Waals surface area contributed by atoms with Crippen LogP contribution in [-0.4, -0.2) is 50.6 Å². The van der Waals surface area contributed by atoms with Crippen LogP contribution in [0, 0.1) is 0 Å². The van der Waals surface area contributed by atoms with Crippen molar-refractivity contribution in [1.29, 1.82) is 0 Å². The molecule has 1 rings (SSSR count). The molecule has 9 heteroatoms. The van der Waals surface area contributed by atoms with Gasteiger partial charge in [-0.15, -0.1) is 0 Å². The van der Waals surface area contributed by atoms with Gasteiger partial charge in [0.15, 0.2) is 9.84 Å². The number of alkyl halides is 3. The SMILES string of the molecule is CS(=O)(=O)c1cccnc1N(CCO)CC(F)(F)F. The zero-order valence-electron chi connectivity index (χ0n) is 10.1. The van der Waals surface area contributed by atoms with E-state index in [2.05, 4.69) is 4.98 Å². The van der Waals surface area contributed by atoms with Crippen molar-refractivity contribution in [3.05, 3.63) is 18.3 Å². The van der Waals surface area contributed by atoms with E-state index in [0.717, 1.165) is 6.26 Å². The van der Waals surface area contributed by atoms with Crippen LogP contribution in [0.1, 0.15) is 0 Å². The van der Waals surface area contributed by atoms with Gasteiger partial charge in [-0.2, -0.15) is 13.2 Å². The molecule has 0 aliphatic heterocycles. The molecule has 0 bridgehead atoms.